The molecule has 2 aliphatic rings. The van der Waals surface area contributed by atoms with Gasteiger partial charge in [-0.3, -0.25) is 0 Å². The first-order valence-electron chi connectivity index (χ1n) is 10.9. The minimum absolute atomic E-state index is 0.0357. The van der Waals surface area contributed by atoms with Crippen LogP contribution in [0.3, 0.4) is 0 Å². The van der Waals surface area contributed by atoms with Crippen molar-refractivity contribution in [3.05, 3.63) is 65.2 Å². The summed E-state index contributed by atoms with van der Waals surface area (Å²) in [6.07, 6.45) is 7.67. The van der Waals surface area contributed by atoms with Gasteiger partial charge in [-0.1, -0.05) is 68.5 Å². The number of cyclic esters (lactones) is 1. The van der Waals surface area contributed by atoms with Crippen LogP contribution in [-0.4, -0.2) is 20.0 Å². The average Bonchev–Trinajstić information content (AvgIpc) is 2.97. The van der Waals surface area contributed by atoms with Crippen LogP contribution in [0.1, 0.15) is 62.6 Å². The molecule has 31 heavy (non-hydrogen) atoms. The van der Waals surface area contributed by atoms with Crippen LogP contribution in [0.15, 0.2) is 53.4 Å². The highest BCUT2D eigenvalue weighted by Crippen LogP contribution is 2.44. The smallest absolute Gasteiger partial charge is 0.340 e. The summed E-state index contributed by atoms with van der Waals surface area (Å²) < 4.78 is 28.9. The van der Waals surface area contributed by atoms with Gasteiger partial charge in [0.1, 0.15) is 5.60 Å². The van der Waals surface area contributed by atoms with Gasteiger partial charge >= 0.3 is 5.97 Å². The van der Waals surface area contributed by atoms with Crippen molar-refractivity contribution in [2.24, 2.45) is 11.1 Å². The number of benzene rings is 2. The van der Waals surface area contributed by atoms with Gasteiger partial charge in [0.05, 0.1) is 10.5 Å². The molecule has 164 valence electrons. The molecule has 1 aliphatic heterocycles. The van der Waals surface area contributed by atoms with Crippen molar-refractivity contribution in [3.8, 4) is 0 Å². The van der Waals surface area contributed by atoms with Crippen LogP contribution in [0.2, 0.25) is 0 Å². The number of primary sulfonamides is 1. The van der Waals surface area contributed by atoms with E-state index in [9.17, 15) is 13.2 Å². The molecule has 0 spiro atoms. The van der Waals surface area contributed by atoms with E-state index in [0.29, 0.717) is 5.57 Å². The number of hydrogen-bond donors (Lipinski definition) is 1. The number of rotatable bonds is 5. The molecule has 0 atom stereocenters. The van der Waals surface area contributed by atoms with Crippen molar-refractivity contribution in [1.82, 2.24) is 0 Å². The molecule has 6 heteroatoms. The standard InChI is InChI=1S/C25H29NO4S/c1-25(2)23(20-12-14-21(15-13-20)31(26,28)29)22(24(27)30-25)19-10-8-18(9-11-19)16-17-6-4-3-5-7-17/h8-15,17H,3-7,16H2,1-2H3,(H2,26,28,29). The fraction of sp³-hybridized carbons (Fsp3) is 0.400. The Morgan fingerprint density at radius 1 is 0.935 bits per heavy atom. The molecular weight excluding hydrogens is 410 g/mol. The van der Waals surface area contributed by atoms with Gasteiger partial charge in [-0.05, 0) is 55.0 Å². The SMILES string of the molecule is CC1(C)OC(=O)C(c2ccc(CC3CCCCC3)cc2)=C1c1ccc(S(N)(=O)=O)cc1. The number of sulfonamides is 1. The van der Waals surface area contributed by atoms with E-state index >= 15 is 0 Å². The Morgan fingerprint density at radius 3 is 2.10 bits per heavy atom. The lowest BCUT2D eigenvalue weighted by atomic mass is 9.84. The van der Waals surface area contributed by atoms with Gasteiger partial charge in [0, 0.05) is 5.57 Å². The molecule has 2 N–H and O–H groups in total. The highest BCUT2D eigenvalue weighted by Gasteiger charge is 2.41. The fourth-order valence-electron chi connectivity index (χ4n) is 4.83. The minimum Gasteiger partial charge on any atom is -0.451 e. The second-order valence-corrected chi connectivity index (χ2v) is 10.7. The first-order valence-corrected chi connectivity index (χ1v) is 12.4. The van der Waals surface area contributed by atoms with E-state index in [1.54, 1.807) is 12.1 Å². The van der Waals surface area contributed by atoms with Crippen molar-refractivity contribution in [2.75, 3.05) is 0 Å². The molecule has 0 amide bonds. The van der Waals surface area contributed by atoms with E-state index in [0.717, 1.165) is 29.0 Å². The van der Waals surface area contributed by atoms with Crippen molar-refractivity contribution < 1.29 is 17.9 Å². The van der Waals surface area contributed by atoms with Gasteiger partial charge in [0.15, 0.2) is 0 Å². The molecular formula is C25H29NO4S. The summed E-state index contributed by atoms with van der Waals surface area (Å²) >= 11 is 0. The molecule has 0 radical (unpaired) electrons. The van der Waals surface area contributed by atoms with E-state index in [1.165, 1.54) is 49.8 Å². The highest BCUT2D eigenvalue weighted by molar-refractivity contribution is 7.89. The van der Waals surface area contributed by atoms with Gasteiger partial charge in [-0.2, -0.15) is 0 Å². The number of esters is 1. The monoisotopic (exact) mass is 439 g/mol. The molecule has 0 bridgehead atoms. The lowest BCUT2D eigenvalue weighted by Crippen LogP contribution is -2.22. The summed E-state index contributed by atoms with van der Waals surface area (Å²) in [4.78, 5) is 12.8. The summed E-state index contributed by atoms with van der Waals surface area (Å²) in [6.45, 7) is 3.69. The Labute approximate surface area is 184 Å². The Bertz CT molecular complexity index is 1110. The zero-order valence-corrected chi connectivity index (χ0v) is 18.9. The number of nitrogens with two attached hydrogens (primary N) is 1. The molecule has 2 aromatic carbocycles. The average molecular weight is 440 g/mol. The van der Waals surface area contributed by atoms with E-state index in [1.807, 2.05) is 26.0 Å². The van der Waals surface area contributed by atoms with Crippen LogP contribution in [0.4, 0.5) is 0 Å². The van der Waals surface area contributed by atoms with Crippen molar-refractivity contribution in [1.29, 1.82) is 0 Å². The number of ether oxygens (including phenoxy) is 1. The van der Waals surface area contributed by atoms with Gasteiger partial charge in [-0.25, -0.2) is 18.4 Å². The van der Waals surface area contributed by atoms with Crippen LogP contribution in [-0.2, 0) is 26.0 Å². The van der Waals surface area contributed by atoms with Crippen LogP contribution in [0, 0.1) is 5.92 Å². The predicted molar refractivity (Wildman–Crippen MR) is 122 cm³/mol. The Kier molecular flexibility index (Phi) is 5.79. The normalized spacial score (nSPS) is 19.5. The Hall–Kier alpha value is -2.44. The molecule has 4 rings (SSSR count). The predicted octanol–water partition coefficient (Wildman–Crippen LogP) is 4.70. The van der Waals surface area contributed by atoms with E-state index in [-0.39, 0.29) is 10.9 Å². The number of carbonyl (C=O) groups excluding carboxylic acids is 1. The second-order valence-electron chi connectivity index (χ2n) is 9.12. The zero-order valence-electron chi connectivity index (χ0n) is 18.1. The molecule has 1 aliphatic carbocycles. The van der Waals surface area contributed by atoms with Gasteiger partial charge < -0.3 is 4.74 Å². The van der Waals surface area contributed by atoms with Crippen LogP contribution in [0.5, 0.6) is 0 Å². The number of carbonyl (C=O) groups is 1. The maximum absolute atomic E-state index is 12.8. The van der Waals surface area contributed by atoms with Crippen LogP contribution >= 0.6 is 0 Å². The topological polar surface area (TPSA) is 86.5 Å². The van der Waals surface area contributed by atoms with Crippen LogP contribution < -0.4 is 5.14 Å². The maximum Gasteiger partial charge on any atom is 0.340 e. The summed E-state index contributed by atoms with van der Waals surface area (Å²) in [5, 5.41) is 5.22. The second kappa shape index (κ2) is 8.24. The summed E-state index contributed by atoms with van der Waals surface area (Å²) in [5.41, 5.74) is 3.30. The zero-order chi connectivity index (χ0) is 22.2. The lowest BCUT2D eigenvalue weighted by Gasteiger charge is -2.22. The number of hydrogen-bond acceptors (Lipinski definition) is 4. The molecule has 0 saturated heterocycles. The third-order valence-electron chi connectivity index (χ3n) is 6.37. The van der Waals surface area contributed by atoms with Gasteiger partial charge in [-0.15, -0.1) is 0 Å². The third-order valence-corrected chi connectivity index (χ3v) is 7.30. The maximum atomic E-state index is 12.8. The summed E-state index contributed by atoms with van der Waals surface area (Å²) in [7, 11) is -3.78. The van der Waals surface area contributed by atoms with Crippen molar-refractivity contribution >= 4 is 27.1 Å². The molecule has 0 aromatic heterocycles. The van der Waals surface area contributed by atoms with E-state index < -0.39 is 15.6 Å². The minimum atomic E-state index is -3.78. The first-order chi connectivity index (χ1) is 14.6. The quantitative estimate of drug-likeness (QED) is 0.684. The molecule has 1 saturated carbocycles. The summed E-state index contributed by atoms with van der Waals surface area (Å²) in [6, 6.07) is 14.5. The summed E-state index contributed by atoms with van der Waals surface area (Å²) in [5.74, 6) is 0.387. The van der Waals surface area contributed by atoms with Crippen molar-refractivity contribution in [2.45, 2.75) is 62.9 Å². The van der Waals surface area contributed by atoms with Gasteiger partial charge in [0.2, 0.25) is 10.0 Å². The molecule has 0 unspecified atom stereocenters. The first kappa shape index (κ1) is 21.8. The lowest BCUT2D eigenvalue weighted by molar-refractivity contribution is -0.141. The van der Waals surface area contributed by atoms with Crippen LogP contribution in [0.25, 0.3) is 11.1 Å². The Morgan fingerprint density at radius 2 is 1.52 bits per heavy atom. The Balaban J connectivity index is 1.68. The largest absolute Gasteiger partial charge is 0.451 e. The molecule has 1 fully saturated rings. The molecule has 2 aromatic rings. The van der Waals surface area contributed by atoms with Crippen molar-refractivity contribution in [3.63, 3.8) is 0 Å². The molecule has 5 nitrogen and oxygen atoms in total. The van der Waals surface area contributed by atoms with E-state index in [2.05, 4.69) is 12.1 Å². The highest BCUT2D eigenvalue weighted by atomic mass is 32.2. The van der Waals surface area contributed by atoms with Gasteiger partial charge in [0.25, 0.3) is 0 Å². The van der Waals surface area contributed by atoms with E-state index in [4.69, 9.17) is 9.88 Å². The molecule has 1 heterocycles. The third kappa shape index (κ3) is 4.60. The fourth-order valence-corrected chi connectivity index (χ4v) is 5.35.